The van der Waals surface area contributed by atoms with Gasteiger partial charge in [0, 0.05) is 12.2 Å². The van der Waals surface area contributed by atoms with Crippen molar-refractivity contribution >= 4 is 5.69 Å². The van der Waals surface area contributed by atoms with E-state index in [4.69, 9.17) is 5.73 Å². The third-order valence-electron chi connectivity index (χ3n) is 3.08. The average Bonchev–Trinajstić information content (AvgIpc) is 2.29. The van der Waals surface area contributed by atoms with Gasteiger partial charge in [-0.15, -0.1) is 0 Å². The lowest BCUT2D eigenvalue weighted by Crippen LogP contribution is -2.26. The van der Waals surface area contributed by atoms with Crippen LogP contribution in [0.1, 0.15) is 39.2 Å². The van der Waals surface area contributed by atoms with E-state index in [0.29, 0.717) is 0 Å². The van der Waals surface area contributed by atoms with Gasteiger partial charge in [-0.05, 0) is 42.5 Å². The lowest BCUT2D eigenvalue weighted by Gasteiger charge is -2.24. The second-order valence-corrected chi connectivity index (χ2v) is 5.50. The molecule has 0 fully saturated rings. The number of nitrogens with one attached hydrogen (secondary N) is 1. The lowest BCUT2D eigenvalue weighted by molar-refractivity contribution is 0.365. The number of rotatable bonds is 7. The summed E-state index contributed by atoms with van der Waals surface area (Å²) in [4.78, 5) is 0. The van der Waals surface area contributed by atoms with Gasteiger partial charge in [-0.1, -0.05) is 39.3 Å². The van der Waals surface area contributed by atoms with Crippen molar-refractivity contribution in [2.45, 2.75) is 40.0 Å². The molecule has 0 aromatic heterocycles. The Morgan fingerprint density at radius 2 is 1.82 bits per heavy atom. The Bertz CT molecular complexity index is 314. The molecule has 0 spiro atoms. The van der Waals surface area contributed by atoms with E-state index < -0.39 is 0 Å². The molecule has 0 saturated heterocycles. The van der Waals surface area contributed by atoms with Crippen molar-refractivity contribution in [1.82, 2.24) is 0 Å². The van der Waals surface area contributed by atoms with Gasteiger partial charge in [-0.25, -0.2) is 0 Å². The van der Waals surface area contributed by atoms with Crippen LogP contribution in [0.3, 0.4) is 0 Å². The number of anilines is 1. The molecule has 0 aliphatic carbocycles. The maximum atomic E-state index is 5.61. The predicted molar refractivity (Wildman–Crippen MR) is 76.4 cm³/mol. The topological polar surface area (TPSA) is 38.0 Å². The first kappa shape index (κ1) is 14.0. The van der Waals surface area contributed by atoms with Crippen molar-refractivity contribution in [2.75, 3.05) is 18.4 Å². The van der Waals surface area contributed by atoms with Gasteiger partial charge in [0.2, 0.25) is 0 Å². The van der Waals surface area contributed by atoms with E-state index in [0.717, 1.165) is 19.5 Å². The molecule has 0 radical (unpaired) electrons. The molecule has 17 heavy (non-hydrogen) atoms. The molecule has 0 aliphatic heterocycles. The normalized spacial score (nSPS) is 11.5. The smallest absolute Gasteiger partial charge is 0.0340 e. The monoisotopic (exact) mass is 234 g/mol. The van der Waals surface area contributed by atoms with Crippen LogP contribution < -0.4 is 11.1 Å². The van der Waals surface area contributed by atoms with E-state index in [2.05, 4.69) is 50.4 Å². The summed E-state index contributed by atoms with van der Waals surface area (Å²) in [5.41, 5.74) is 8.49. The van der Waals surface area contributed by atoms with Gasteiger partial charge in [0.15, 0.2) is 0 Å². The molecule has 0 aliphatic rings. The van der Waals surface area contributed by atoms with Crippen molar-refractivity contribution in [3.05, 3.63) is 29.8 Å². The first-order valence-electron chi connectivity index (χ1n) is 6.60. The number of aryl methyl sites for hydroxylation is 1. The van der Waals surface area contributed by atoms with E-state index in [1.54, 1.807) is 0 Å². The lowest BCUT2D eigenvalue weighted by atomic mass is 9.89. The molecule has 0 amide bonds. The van der Waals surface area contributed by atoms with E-state index in [1.165, 1.54) is 24.1 Å². The zero-order valence-electron chi connectivity index (χ0n) is 11.4. The summed E-state index contributed by atoms with van der Waals surface area (Å²) in [6.07, 6.45) is 3.42. The molecule has 0 atom stereocenters. The van der Waals surface area contributed by atoms with E-state index in [9.17, 15) is 0 Å². The Hall–Kier alpha value is -1.02. The summed E-state index contributed by atoms with van der Waals surface area (Å²) < 4.78 is 0. The van der Waals surface area contributed by atoms with Crippen LogP contribution in [-0.4, -0.2) is 13.1 Å². The molecule has 3 N–H and O–H groups in total. The highest BCUT2D eigenvalue weighted by atomic mass is 14.9. The van der Waals surface area contributed by atoms with Crippen LogP contribution in [-0.2, 0) is 6.42 Å². The van der Waals surface area contributed by atoms with Crippen molar-refractivity contribution < 1.29 is 0 Å². The Labute approximate surface area is 106 Å². The Morgan fingerprint density at radius 3 is 2.35 bits per heavy atom. The highest BCUT2D eigenvalue weighted by Crippen LogP contribution is 2.20. The minimum absolute atomic E-state index is 0.261. The fourth-order valence-corrected chi connectivity index (χ4v) is 1.90. The van der Waals surface area contributed by atoms with E-state index in [1.807, 2.05) is 0 Å². The molecule has 0 heterocycles. The van der Waals surface area contributed by atoms with Gasteiger partial charge in [0.05, 0.1) is 0 Å². The van der Waals surface area contributed by atoms with Gasteiger partial charge in [0.25, 0.3) is 0 Å². The van der Waals surface area contributed by atoms with Crippen LogP contribution in [0.25, 0.3) is 0 Å². The molecule has 0 saturated carbocycles. The SMILES string of the molecule is CCCc1ccc(NCC(C)(C)CCN)cc1. The van der Waals surface area contributed by atoms with Crippen LogP contribution in [0.2, 0.25) is 0 Å². The summed E-state index contributed by atoms with van der Waals surface area (Å²) in [5, 5.41) is 3.48. The third kappa shape index (κ3) is 5.22. The molecule has 1 rings (SSSR count). The quantitative estimate of drug-likeness (QED) is 0.758. The fraction of sp³-hybridized carbons (Fsp3) is 0.600. The minimum Gasteiger partial charge on any atom is -0.385 e. The van der Waals surface area contributed by atoms with Crippen molar-refractivity contribution in [3.63, 3.8) is 0 Å². The zero-order valence-corrected chi connectivity index (χ0v) is 11.4. The molecule has 0 unspecified atom stereocenters. The molecule has 2 heteroatoms. The highest BCUT2D eigenvalue weighted by Gasteiger charge is 2.15. The highest BCUT2D eigenvalue weighted by molar-refractivity contribution is 5.44. The van der Waals surface area contributed by atoms with Gasteiger partial charge in [-0.2, -0.15) is 0 Å². The maximum absolute atomic E-state index is 5.61. The number of hydrogen-bond donors (Lipinski definition) is 2. The molecule has 1 aromatic rings. The van der Waals surface area contributed by atoms with Crippen LogP contribution in [0.5, 0.6) is 0 Å². The zero-order chi connectivity index (χ0) is 12.7. The Balaban J connectivity index is 2.46. The van der Waals surface area contributed by atoms with Gasteiger partial charge < -0.3 is 11.1 Å². The molecule has 0 bridgehead atoms. The predicted octanol–water partition coefficient (Wildman–Crippen LogP) is 3.43. The van der Waals surface area contributed by atoms with Gasteiger partial charge in [0.1, 0.15) is 0 Å². The molecule has 2 nitrogen and oxygen atoms in total. The Morgan fingerprint density at radius 1 is 1.18 bits per heavy atom. The van der Waals surface area contributed by atoms with Crippen LogP contribution in [0.4, 0.5) is 5.69 Å². The summed E-state index contributed by atoms with van der Waals surface area (Å²) >= 11 is 0. The van der Waals surface area contributed by atoms with Crippen LogP contribution in [0.15, 0.2) is 24.3 Å². The first-order chi connectivity index (χ1) is 8.07. The second kappa shape index (κ2) is 6.65. The summed E-state index contributed by atoms with van der Waals surface area (Å²) in [7, 11) is 0. The Kier molecular flexibility index (Phi) is 5.49. The summed E-state index contributed by atoms with van der Waals surface area (Å²) in [6.45, 7) is 8.43. The number of nitrogens with two attached hydrogens (primary N) is 1. The fourth-order valence-electron chi connectivity index (χ4n) is 1.90. The minimum atomic E-state index is 0.261. The first-order valence-corrected chi connectivity index (χ1v) is 6.60. The number of benzene rings is 1. The molecule has 96 valence electrons. The molecular formula is C15H26N2. The number of hydrogen-bond acceptors (Lipinski definition) is 2. The maximum Gasteiger partial charge on any atom is 0.0340 e. The average molecular weight is 234 g/mol. The van der Waals surface area contributed by atoms with Crippen LogP contribution in [0, 0.1) is 5.41 Å². The van der Waals surface area contributed by atoms with E-state index in [-0.39, 0.29) is 5.41 Å². The van der Waals surface area contributed by atoms with Gasteiger partial charge in [-0.3, -0.25) is 0 Å². The molecule has 1 aromatic carbocycles. The van der Waals surface area contributed by atoms with Crippen molar-refractivity contribution in [3.8, 4) is 0 Å². The summed E-state index contributed by atoms with van der Waals surface area (Å²) in [5.74, 6) is 0. The molecular weight excluding hydrogens is 208 g/mol. The van der Waals surface area contributed by atoms with Crippen LogP contribution >= 0.6 is 0 Å². The summed E-state index contributed by atoms with van der Waals surface area (Å²) in [6, 6.07) is 8.76. The van der Waals surface area contributed by atoms with Crippen molar-refractivity contribution in [2.24, 2.45) is 11.1 Å². The standard InChI is InChI=1S/C15H26N2/c1-4-5-13-6-8-14(9-7-13)17-12-15(2,3)10-11-16/h6-9,17H,4-5,10-12,16H2,1-3H3. The van der Waals surface area contributed by atoms with Gasteiger partial charge >= 0.3 is 0 Å². The van der Waals surface area contributed by atoms with E-state index >= 15 is 0 Å². The third-order valence-corrected chi connectivity index (χ3v) is 3.08. The second-order valence-electron chi connectivity index (χ2n) is 5.50. The van der Waals surface area contributed by atoms with Crippen molar-refractivity contribution in [1.29, 1.82) is 0 Å². The largest absolute Gasteiger partial charge is 0.385 e.